The number of sulfonamides is 1. The van der Waals surface area contributed by atoms with E-state index in [0.717, 1.165) is 31.5 Å². The monoisotopic (exact) mass is 463 g/mol. The highest BCUT2D eigenvalue weighted by molar-refractivity contribution is 7.89. The first-order valence-electron chi connectivity index (χ1n) is 10.7. The molecule has 1 aliphatic heterocycles. The number of hydrazine groups is 1. The molecular formula is C23H30FN3O4S. The number of methoxy groups -OCH3 is 1. The van der Waals surface area contributed by atoms with E-state index in [4.69, 9.17) is 4.74 Å². The lowest BCUT2D eigenvalue weighted by Gasteiger charge is -2.32. The van der Waals surface area contributed by atoms with Crippen LogP contribution in [0.2, 0.25) is 0 Å². The van der Waals surface area contributed by atoms with Crippen molar-refractivity contribution in [1.29, 1.82) is 0 Å². The molecule has 1 saturated heterocycles. The summed E-state index contributed by atoms with van der Waals surface area (Å²) >= 11 is 0. The molecule has 1 atom stereocenters. The molecule has 1 amide bonds. The molecule has 7 nitrogen and oxygen atoms in total. The topological polar surface area (TPSA) is 87.7 Å². The van der Waals surface area contributed by atoms with Crippen LogP contribution in [0.25, 0.3) is 11.1 Å². The first kappa shape index (κ1) is 24.3. The smallest absolute Gasteiger partial charge is 0.269 e. The molecule has 0 bridgehead atoms. The minimum Gasteiger partial charge on any atom is -0.383 e. The van der Waals surface area contributed by atoms with E-state index in [9.17, 15) is 17.6 Å². The lowest BCUT2D eigenvalue weighted by atomic mass is 9.99. The Morgan fingerprint density at radius 2 is 1.97 bits per heavy atom. The maximum atomic E-state index is 14.6. The molecule has 3 rings (SSSR count). The van der Waals surface area contributed by atoms with Crippen molar-refractivity contribution < 1.29 is 22.3 Å². The molecule has 1 fully saturated rings. The molecule has 32 heavy (non-hydrogen) atoms. The van der Waals surface area contributed by atoms with Crippen molar-refractivity contribution in [2.45, 2.75) is 19.8 Å². The fourth-order valence-corrected chi connectivity index (χ4v) is 5.21. The van der Waals surface area contributed by atoms with Gasteiger partial charge in [-0.15, -0.1) is 4.83 Å². The van der Waals surface area contributed by atoms with Gasteiger partial charge in [-0.25, -0.2) is 12.8 Å². The molecule has 174 valence electrons. The van der Waals surface area contributed by atoms with E-state index in [1.807, 2.05) is 30.3 Å². The molecule has 0 spiro atoms. The number of nitrogens with one attached hydrogen (secondary N) is 2. The number of carbonyl (C=O) groups excluding carboxylic acids is 1. The van der Waals surface area contributed by atoms with Crippen molar-refractivity contribution in [3.8, 4) is 11.1 Å². The zero-order valence-electron chi connectivity index (χ0n) is 18.4. The summed E-state index contributed by atoms with van der Waals surface area (Å²) in [5, 5.41) is 0. The van der Waals surface area contributed by atoms with Gasteiger partial charge in [-0.1, -0.05) is 30.3 Å². The Morgan fingerprint density at radius 3 is 2.69 bits per heavy atom. The van der Waals surface area contributed by atoms with Gasteiger partial charge in [-0.3, -0.25) is 10.2 Å². The van der Waals surface area contributed by atoms with E-state index in [1.54, 1.807) is 20.1 Å². The standard InChI is InChI=1S/C23H30FN3O4S/c1-17-13-20(19-8-4-3-5-9-19)14-21(22(17)24)23(28)25-26-32(29,30)16-18-7-6-10-27(15-18)11-12-31-2/h3-5,8-9,13-14,18,26H,6-7,10-12,15-16H2,1-2H3,(H,25,28). The lowest BCUT2D eigenvalue weighted by molar-refractivity contribution is 0.0940. The molecule has 9 heteroatoms. The van der Waals surface area contributed by atoms with Crippen LogP contribution in [0.4, 0.5) is 4.39 Å². The predicted molar refractivity (Wildman–Crippen MR) is 122 cm³/mol. The summed E-state index contributed by atoms with van der Waals surface area (Å²) in [5.41, 5.74) is 3.77. The quantitative estimate of drug-likeness (QED) is 0.559. The zero-order valence-corrected chi connectivity index (χ0v) is 19.3. The summed E-state index contributed by atoms with van der Waals surface area (Å²) < 4.78 is 44.8. The van der Waals surface area contributed by atoms with E-state index < -0.39 is 21.7 Å². The van der Waals surface area contributed by atoms with Crippen LogP contribution in [0, 0.1) is 18.7 Å². The number of piperidine rings is 1. The van der Waals surface area contributed by atoms with Crippen LogP contribution in [0.3, 0.4) is 0 Å². The van der Waals surface area contributed by atoms with Gasteiger partial charge in [-0.2, -0.15) is 0 Å². The van der Waals surface area contributed by atoms with Crippen LogP contribution in [0.15, 0.2) is 42.5 Å². The largest absolute Gasteiger partial charge is 0.383 e. The van der Waals surface area contributed by atoms with Gasteiger partial charge < -0.3 is 9.64 Å². The normalized spacial score (nSPS) is 17.3. The fourth-order valence-electron chi connectivity index (χ4n) is 3.99. The third kappa shape index (κ3) is 6.59. The van der Waals surface area contributed by atoms with Gasteiger partial charge in [0.25, 0.3) is 5.91 Å². The molecule has 1 heterocycles. The van der Waals surface area contributed by atoms with Crippen LogP contribution >= 0.6 is 0 Å². The van der Waals surface area contributed by atoms with E-state index >= 15 is 0 Å². The number of amides is 1. The van der Waals surface area contributed by atoms with Crippen molar-refractivity contribution >= 4 is 15.9 Å². The Bertz CT molecular complexity index is 1030. The fraction of sp³-hybridized carbons (Fsp3) is 0.435. The van der Waals surface area contributed by atoms with E-state index in [1.165, 1.54) is 6.07 Å². The van der Waals surface area contributed by atoms with Crippen molar-refractivity contribution in [2.24, 2.45) is 5.92 Å². The number of hydrogen-bond donors (Lipinski definition) is 2. The van der Waals surface area contributed by atoms with Crippen LogP contribution < -0.4 is 10.3 Å². The maximum Gasteiger partial charge on any atom is 0.269 e. The molecule has 1 aliphatic rings. The number of ether oxygens (including phenoxy) is 1. The van der Waals surface area contributed by atoms with Crippen LogP contribution in [-0.2, 0) is 14.8 Å². The second-order valence-electron chi connectivity index (χ2n) is 8.16. The molecule has 2 aromatic rings. The molecule has 0 saturated carbocycles. The number of likely N-dealkylation sites (tertiary alicyclic amines) is 1. The average Bonchev–Trinajstić information content (AvgIpc) is 2.78. The molecule has 1 unspecified atom stereocenters. The van der Waals surface area contributed by atoms with Gasteiger partial charge in [0.15, 0.2) is 0 Å². The van der Waals surface area contributed by atoms with Gasteiger partial charge in [0.05, 0.1) is 17.9 Å². The summed E-state index contributed by atoms with van der Waals surface area (Å²) in [4.78, 5) is 16.9. The average molecular weight is 464 g/mol. The second-order valence-corrected chi connectivity index (χ2v) is 9.93. The first-order chi connectivity index (χ1) is 15.3. The number of halogens is 1. The van der Waals surface area contributed by atoms with Crippen molar-refractivity contribution in [3.05, 3.63) is 59.4 Å². The number of nitrogens with zero attached hydrogens (tertiary/aromatic N) is 1. The van der Waals surface area contributed by atoms with E-state index in [2.05, 4.69) is 15.2 Å². The number of benzene rings is 2. The molecular weight excluding hydrogens is 433 g/mol. The van der Waals surface area contributed by atoms with Crippen molar-refractivity contribution in [1.82, 2.24) is 15.2 Å². The van der Waals surface area contributed by atoms with Gasteiger partial charge in [0.2, 0.25) is 10.0 Å². The Labute approximate surface area is 189 Å². The Morgan fingerprint density at radius 1 is 1.22 bits per heavy atom. The van der Waals surface area contributed by atoms with Crippen molar-refractivity contribution in [2.75, 3.05) is 39.1 Å². The van der Waals surface area contributed by atoms with E-state index in [-0.39, 0.29) is 17.2 Å². The lowest BCUT2D eigenvalue weighted by Crippen LogP contribution is -2.46. The zero-order chi connectivity index (χ0) is 23.1. The molecule has 0 aromatic heterocycles. The molecule has 2 aromatic carbocycles. The van der Waals surface area contributed by atoms with E-state index in [0.29, 0.717) is 24.3 Å². The maximum absolute atomic E-state index is 14.6. The molecule has 0 radical (unpaired) electrons. The minimum atomic E-state index is -3.78. The van der Waals surface area contributed by atoms with Gasteiger partial charge in [0.1, 0.15) is 5.82 Å². The van der Waals surface area contributed by atoms with Gasteiger partial charge in [0, 0.05) is 20.2 Å². The Balaban J connectivity index is 1.64. The summed E-state index contributed by atoms with van der Waals surface area (Å²) in [6.45, 7) is 4.50. The summed E-state index contributed by atoms with van der Waals surface area (Å²) in [5.74, 6) is -1.67. The highest BCUT2D eigenvalue weighted by Gasteiger charge is 2.26. The Kier molecular flexibility index (Phi) is 8.36. The molecule has 0 aliphatic carbocycles. The summed E-state index contributed by atoms with van der Waals surface area (Å²) in [6.07, 6.45) is 1.71. The van der Waals surface area contributed by atoms with Gasteiger partial charge >= 0.3 is 0 Å². The number of hydrogen-bond acceptors (Lipinski definition) is 5. The van der Waals surface area contributed by atoms with Crippen LogP contribution in [0.5, 0.6) is 0 Å². The number of carbonyl (C=O) groups is 1. The number of aryl methyl sites for hydroxylation is 1. The van der Waals surface area contributed by atoms with Crippen molar-refractivity contribution in [3.63, 3.8) is 0 Å². The summed E-state index contributed by atoms with van der Waals surface area (Å²) in [7, 11) is -2.14. The third-order valence-electron chi connectivity index (χ3n) is 5.60. The second kappa shape index (κ2) is 11.0. The highest BCUT2D eigenvalue weighted by Crippen LogP contribution is 2.25. The predicted octanol–water partition coefficient (Wildman–Crippen LogP) is 2.72. The SMILES string of the molecule is COCCN1CCCC(CS(=O)(=O)NNC(=O)c2cc(-c3ccccc3)cc(C)c2F)C1. The summed E-state index contributed by atoms with van der Waals surface area (Å²) in [6, 6.07) is 12.4. The minimum absolute atomic E-state index is 0.0459. The van der Waals surface area contributed by atoms with Crippen LogP contribution in [-0.4, -0.2) is 58.3 Å². The van der Waals surface area contributed by atoms with Gasteiger partial charge in [-0.05, 0) is 61.1 Å². The third-order valence-corrected chi connectivity index (χ3v) is 6.92. The van der Waals surface area contributed by atoms with Crippen LogP contribution in [0.1, 0.15) is 28.8 Å². The highest BCUT2D eigenvalue weighted by atomic mass is 32.2. The Hall–Kier alpha value is -2.33. The first-order valence-corrected chi connectivity index (χ1v) is 12.3. The molecule has 2 N–H and O–H groups in total. The number of rotatable bonds is 9.